The Morgan fingerprint density at radius 1 is 1.36 bits per heavy atom. The van der Waals surface area contributed by atoms with E-state index >= 15 is 0 Å². The van der Waals surface area contributed by atoms with Crippen LogP contribution in [0.15, 0.2) is 12.1 Å². The first kappa shape index (κ1) is 21.7. The Bertz CT molecular complexity index is 795. The number of nitrogens with two attached hydrogens (primary N) is 1. The van der Waals surface area contributed by atoms with E-state index in [1.165, 1.54) is 6.07 Å². The van der Waals surface area contributed by atoms with Crippen molar-refractivity contribution < 1.29 is 29.0 Å². The van der Waals surface area contributed by atoms with Crippen LogP contribution in [-0.4, -0.2) is 46.6 Å². The van der Waals surface area contributed by atoms with Gasteiger partial charge in [-0.3, -0.25) is 9.59 Å². The van der Waals surface area contributed by atoms with Gasteiger partial charge < -0.3 is 25.6 Å². The first-order valence-corrected chi connectivity index (χ1v) is 9.11. The van der Waals surface area contributed by atoms with E-state index in [1.54, 1.807) is 40.7 Å². The number of carbonyl (C=O) groups excluding carboxylic acids is 3. The highest BCUT2D eigenvalue weighted by molar-refractivity contribution is 6.11. The van der Waals surface area contributed by atoms with E-state index in [9.17, 15) is 19.5 Å². The predicted molar refractivity (Wildman–Crippen MR) is 104 cm³/mol. The molecule has 4 N–H and O–H groups in total. The minimum atomic E-state index is -0.844. The number of alkyl carbamates (subject to hydrolysis) is 1. The van der Waals surface area contributed by atoms with Gasteiger partial charge in [0.25, 0.3) is 0 Å². The molecule has 0 aromatic heterocycles. The number of hydrogen-bond acceptors (Lipinski definition) is 7. The Kier molecular flexibility index (Phi) is 6.03. The quantitative estimate of drug-likeness (QED) is 0.519. The van der Waals surface area contributed by atoms with E-state index in [-0.39, 0.29) is 35.4 Å². The van der Waals surface area contributed by atoms with Gasteiger partial charge in [0, 0.05) is 12.0 Å². The van der Waals surface area contributed by atoms with Crippen LogP contribution in [0, 0.1) is 0 Å². The molecule has 1 aromatic carbocycles. The standard InChI is InChI=1S/C20H28N2O6/c1-19(2,3)28-18(26)22-11(10-23)8-13(24)12-6-7-15-16(17(12)21)14(25)9-20(4,5)27-15/h6-7,11,23H,8-10,21H2,1-5H3,(H,22,26). The fraction of sp³-hybridized carbons (Fsp3) is 0.550. The molecule has 0 fully saturated rings. The minimum Gasteiger partial charge on any atom is -0.487 e. The number of ether oxygens (including phenoxy) is 2. The van der Waals surface area contributed by atoms with Gasteiger partial charge in [0.15, 0.2) is 11.6 Å². The number of aliphatic hydroxyl groups is 1. The number of carbonyl (C=O) groups is 3. The number of aliphatic hydroxyl groups excluding tert-OH is 1. The van der Waals surface area contributed by atoms with Gasteiger partial charge in [-0.15, -0.1) is 0 Å². The lowest BCUT2D eigenvalue weighted by molar-refractivity contribution is 0.0478. The highest BCUT2D eigenvalue weighted by atomic mass is 16.6. The normalized spacial score (nSPS) is 16.6. The minimum absolute atomic E-state index is 0.0527. The van der Waals surface area contributed by atoms with Crippen molar-refractivity contribution in [2.75, 3.05) is 12.3 Å². The van der Waals surface area contributed by atoms with Gasteiger partial charge in [-0.2, -0.15) is 0 Å². The number of fused-ring (bicyclic) bond motifs is 1. The molecule has 28 heavy (non-hydrogen) atoms. The number of nitrogens with one attached hydrogen (secondary N) is 1. The summed E-state index contributed by atoms with van der Waals surface area (Å²) < 4.78 is 10.9. The van der Waals surface area contributed by atoms with Crippen LogP contribution in [0.5, 0.6) is 5.75 Å². The fourth-order valence-electron chi connectivity index (χ4n) is 2.99. The zero-order valence-electron chi connectivity index (χ0n) is 16.9. The summed E-state index contributed by atoms with van der Waals surface area (Å²) in [6, 6.07) is 2.20. The second-order valence-electron chi connectivity index (χ2n) is 8.51. The number of benzene rings is 1. The molecule has 0 aliphatic carbocycles. The summed E-state index contributed by atoms with van der Waals surface area (Å²) in [5, 5.41) is 12.0. The molecular formula is C20H28N2O6. The van der Waals surface area contributed by atoms with Gasteiger partial charge in [0.2, 0.25) is 0 Å². The Balaban J connectivity index is 2.17. The maximum absolute atomic E-state index is 12.7. The molecule has 0 bridgehead atoms. The van der Waals surface area contributed by atoms with Crippen LogP contribution in [0.25, 0.3) is 0 Å². The molecule has 1 atom stereocenters. The molecule has 8 heteroatoms. The van der Waals surface area contributed by atoms with E-state index < -0.39 is 35.7 Å². The highest BCUT2D eigenvalue weighted by Crippen LogP contribution is 2.38. The number of ketones is 2. The number of anilines is 1. The van der Waals surface area contributed by atoms with Crippen LogP contribution in [0.2, 0.25) is 0 Å². The molecule has 1 unspecified atom stereocenters. The van der Waals surface area contributed by atoms with Gasteiger partial charge >= 0.3 is 6.09 Å². The molecule has 154 valence electrons. The van der Waals surface area contributed by atoms with Crippen molar-refractivity contribution in [3.05, 3.63) is 23.3 Å². The maximum atomic E-state index is 12.7. The lowest BCUT2D eigenvalue weighted by Crippen LogP contribution is -2.42. The lowest BCUT2D eigenvalue weighted by atomic mass is 9.89. The van der Waals surface area contributed by atoms with Gasteiger partial charge in [-0.1, -0.05) is 0 Å². The topological polar surface area (TPSA) is 128 Å². The molecule has 8 nitrogen and oxygen atoms in total. The third-order valence-corrected chi connectivity index (χ3v) is 4.13. The summed E-state index contributed by atoms with van der Waals surface area (Å²) >= 11 is 0. The number of Topliss-reactive ketones (excluding diaryl/α,β-unsaturated/α-hetero) is 2. The Hall–Kier alpha value is -2.61. The van der Waals surface area contributed by atoms with Crippen molar-refractivity contribution in [3.63, 3.8) is 0 Å². The van der Waals surface area contributed by atoms with Crippen LogP contribution in [-0.2, 0) is 4.74 Å². The van der Waals surface area contributed by atoms with Gasteiger partial charge in [0.1, 0.15) is 17.0 Å². The van der Waals surface area contributed by atoms with E-state index in [0.717, 1.165) is 0 Å². The SMILES string of the molecule is CC(C)(C)OC(=O)NC(CO)CC(=O)c1ccc2c(c1N)C(=O)CC(C)(C)O2. The Morgan fingerprint density at radius 3 is 2.57 bits per heavy atom. The van der Waals surface area contributed by atoms with Crippen LogP contribution in [0.4, 0.5) is 10.5 Å². The second-order valence-corrected chi connectivity index (χ2v) is 8.51. The molecule has 2 rings (SSSR count). The Labute approximate surface area is 164 Å². The summed E-state index contributed by atoms with van der Waals surface area (Å²) in [5.41, 5.74) is 5.15. The maximum Gasteiger partial charge on any atom is 0.407 e. The largest absolute Gasteiger partial charge is 0.487 e. The fourth-order valence-corrected chi connectivity index (χ4v) is 2.99. The van der Waals surface area contributed by atoms with Gasteiger partial charge in [-0.25, -0.2) is 4.79 Å². The van der Waals surface area contributed by atoms with Crippen molar-refractivity contribution in [3.8, 4) is 5.75 Å². The summed E-state index contributed by atoms with van der Waals surface area (Å²) in [6.45, 7) is 8.28. The van der Waals surface area contributed by atoms with E-state index in [1.807, 2.05) is 0 Å². The number of rotatable bonds is 5. The second kappa shape index (κ2) is 7.79. The molecule has 1 amide bonds. The van der Waals surface area contributed by atoms with Crippen LogP contribution in [0.3, 0.4) is 0 Å². The zero-order valence-corrected chi connectivity index (χ0v) is 16.9. The van der Waals surface area contributed by atoms with Crippen molar-refractivity contribution >= 4 is 23.3 Å². The van der Waals surface area contributed by atoms with Gasteiger partial charge in [0.05, 0.1) is 30.3 Å². The third-order valence-electron chi connectivity index (χ3n) is 4.13. The molecule has 0 saturated heterocycles. The first-order chi connectivity index (χ1) is 12.8. The third kappa shape index (κ3) is 5.22. The number of nitrogen functional groups attached to an aromatic ring is 1. The van der Waals surface area contributed by atoms with Gasteiger partial charge in [-0.05, 0) is 46.8 Å². The zero-order chi connectivity index (χ0) is 21.3. The van der Waals surface area contributed by atoms with Crippen molar-refractivity contribution in [1.29, 1.82) is 0 Å². The molecule has 0 radical (unpaired) electrons. The van der Waals surface area contributed by atoms with E-state index in [2.05, 4.69) is 5.32 Å². The molecule has 1 aliphatic rings. The summed E-state index contributed by atoms with van der Waals surface area (Å²) in [7, 11) is 0. The van der Waals surface area contributed by atoms with E-state index in [4.69, 9.17) is 15.2 Å². The molecule has 0 saturated carbocycles. The van der Waals surface area contributed by atoms with E-state index in [0.29, 0.717) is 5.75 Å². The van der Waals surface area contributed by atoms with Crippen LogP contribution >= 0.6 is 0 Å². The van der Waals surface area contributed by atoms with Crippen molar-refractivity contribution in [2.45, 2.75) is 64.7 Å². The van der Waals surface area contributed by atoms with Crippen molar-refractivity contribution in [2.24, 2.45) is 0 Å². The lowest BCUT2D eigenvalue weighted by Gasteiger charge is -2.32. The number of hydrogen-bond donors (Lipinski definition) is 3. The summed E-state index contributed by atoms with van der Waals surface area (Å²) in [5.74, 6) is -0.252. The predicted octanol–water partition coefficient (Wildman–Crippen LogP) is 2.47. The molecule has 1 aromatic rings. The summed E-state index contributed by atoms with van der Waals surface area (Å²) in [6.07, 6.45) is -0.774. The van der Waals surface area contributed by atoms with Crippen LogP contribution in [0.1, 0.15) is 68.2 Å². The smallest absolute Gasteiger partial charge is 0.407 e. The number of amides is 1. The molecule has 0 spiro atoms. The first-order valence-electron chi connectivity index (χ1n) is 9.11. The summed E-state index contributed by atoms with van der Waals surface area (Å²) in [4.78, 5) is 37.0. The average Bonchev–Trinajstić information content (AvgIpc) is 2.50. The average molecular weight is 392 g/mol. The molecule has 1 heterocycles. The molecule has 1 aliphatic heterocycles. The molecular weight excluding hydrogens is 364 g/mol. The Morgan fingerprint density at radius 2 is 2.00 bits per heavy atom. The highest BCUT2D eigenvalue weighted by Gasteiger charge is 2.35. The monoisotopic (exact) mass is 392 g/mol. The van der Waals surface area contributed by atoms with Crippen molar-refractivity contribution in [1.82, 2.24) is 5.32 Å². The van der Waals surface area contributed by atoms with Crippen LogP contribution < -0.4 is 15.8 Å².